The van der Waals surface area contributed by atoms with E-state index in [9.17, 15) is 4.39 Å². The maximum atomic E-state index is 12.5. The summed E-state index contributed by atoms with van der Waals surface area (Å²) in [6, 6.07) is 10.1. The van der Waals surface area contributed by atoms with Gasteiger partial charge in [-0.25, -0.2) is 4.39 Å². The first-order valence-electron chi connectivity index (χ1n) is 7.54. The molecule has 0 aliphatic rings. The third-order valence-corrected chi connectivity index (χ3v) is 3.28. The van der Waals surface area contributed by atoms with Crippen molar-refractivity contribution in [2.75, 3.05) is 0 Å². The monoisotopic (exact) mass is 296 g/mol. The molecule has 0 bridgehead atoms. The SMILES string of the molecule is CCC/C=C/C=C(\C=C\F)NCc1ccc2cccnc2c1. The number of pyridine rings is 1. The van der Waals surface area contributed by atoms with Gasteiger partial charge in [0.05, 0.1) is 11.8 Å². The summed E-state index contributed by atoms with van der Waals surface area (Å²) in [5, 5.41) is 4.35. The lowest BCUT2D eigenvalue weighted by atomic mass is 10.1. The lowest BCUT2D eigenvalue weighted by Gasteiger charge is -2.07. The summed E-state index contributed by atoms with van der Waals surface area (Å²) in [5.74, 6) is 0. The summed E-state index contributed by atoms with van der Waals surface area (Å²) in [5.41, 5.74) is 2.83. The molecule has 2 nitrogen and oxygen atoms in total. The highest BCUT2D eigenvalue weighted by molar-refractivity contribution is 5.78. The molecule has 2 aromatic rings. The predicted molar refractivity (Wildman–Crippen MR) is 91.0 cm³/mol. The summed E-state index contributed by atoms with van der Waals surface area (Å²) in [7, 11) is 0. The second-order valence-corrected chi connectivity index (χ2v) is 5.02. The molecule has 22 heavy (non-hydrogen) atoms. The molecular formula is C19H21FN2. The van der Waals surface area contributed by atoms with Crippen molar-refractivity contribution < 1.29 is 4.39 Å². The number of rotatable bonds is 7. The van der Waals surface area contributed by atoms with Gasteiger partial charge in [0, 0.05) is 23.8 Å². The molecule has 0 saturated heterocycles. The van der Waals surface area contributed by atoms with Crippen LogP contribution in [0.15, 0.2) is 72.9 Å². The molecule has 0 saturated carbocycles. The summed E-state index contributed by atoms with van der Waals surface area (Å²) in [6.07, 6.45) is 11.8. The van der Waals surface area contributed by atoms with Crippen LogP contribution >= 0.6 is 0 Å². The van der Waals surface area contributed by atoms with Crippen molar-refractivity contribution in [1.82, 2.24) is 10.3 Å². The molecule has 1 aromatic carbocycles. The Hall–Kier alpha value is -2.42. The Kier molecular flexibility index (Phi) is 6.37. The van der Waals surface area contributed by atoms with Gasteiger partial charge in [-0.2, -0.15) is 0 Å². The highest BCUT2D eigenvalue weighted by Crippen LogP contribution is 2.13. The van der Waals surface area contributed by atoms with Crippen LogP contribution in [0.1, 0.15) is 25.3 Å². The topological polar surface area (TPSA) is 24.9 Å². The highest BCUT2D eigenvalue weighted by atomic mass is 19.1. The Labute approximate surface area is 131 Å². The van der Waals surface area contributed by atoms with Gasteiger partial charge in [0.15, 0.2) is 0 Å². The van der Waals surface area contributed by atoms with Crippen LogP contribution in [0.4, 0.5) is 4.39 Å². The predicted octanol–water partition coefficient (Wildman–Crippen LogP) is 5.05. The van der Waals surface area contributed by atoms with Crippen LogP contribution in [-0.4, -0.2) is 4.98 Å². The first kappa shape index (κ1) is 16.0. The van der Waals surface area contributed by atoms with Crippen molar-refractivity contribution >= 4 is 10.9 Å². The summed E-state index contributed by atoms with van der Waals surface area (Å²) in [4.78, 5) is 4.35. The number of nitrogens with one attached hydrogen (secondary N) is 1. The number of aromatic nitrogens is 1. The minimum absolute atomic E-state index is 0.550. The number of unbranched alkanes of at least 4 members (excludes halogenated alkanes) is 1. The fraction of sp³-hybridized carbons (Fsp3) is 0.211. The number of benzene rings is 1. The molecule has 114 valence electrons. The van der Waals surface area contributed by atoms with E-state index in [-0.39, 0.29) is 0 Å². The van der Waals surface area contributed by atoms with Crippen molar-refractivity contribution in [3.8, 4) is 0 Å². The Balaban J connectivity index is 2.04. The minimum atomic E-state index is 0.550. The molecule has 0 radical (unpaired) electrons. The van der Waals surface area contributed by atoms with Crippen molar-refractivity contribution in [3.05, 3.63) is 78.4 Å². The van der Waals surface area contributed by atoms with E-state index in [2.05, 4.69) is 35.4 Å². The number of halogens is 1. The second kappa shape index (κ2) is 8.78. The molecule has 0 atom stereocenters. The van der Waals surface area contributed by atoms with E-state index in [4.69, 9.17) is 0 Å². The van der Waals surface area contributed by atoms with Crippen molar-refractivity contribution in [1.29, 1.82) is 0 Å². The van der Waals surface area contributed by atoms with Crippen LogP contribution in [0.5, 0.6) is 0 Å². The van der Waals surface area contributed by atoms with Crippen LogP contribution in [0, 0.1) is 0 Å². The third kappa shape index (κ3) is 4.85. The molecule has 1 aromatic heterocycles. The van der Waals surface area contributed by atoms with Crippen LogP contribution in [-0.2, 0) is 6.54 Å². The molecular weight excluding hydrogens is 275 g/mol. The summed E-state index contributed by atoms with van der Waals surface area (Å²) >= 11 is 0. The van der Waals surface area contributed by atoms with E-state index in [0.29, 0.717) is 12.9 Å². The van der Waals surface area contributed by atoms with Crippen LogP contribution in [0.2, 0.25) is 0 Å². The molecule has 0 aliphatic heterocycles. The zero-order valence-electron chi connectivity index (χ0n) is 12.8. The van der Waals surface area contributed by atoms with Crippen LogP contribution in [0.25, 0.3) is 10.9 Å². The number of fused-ring (bicyclic) bond motifs is 1. The van der Waals surface area contributed by atoms with Gasteiger partial charge < -0.3 is 5.32 Å². The molecule has 3 heteroatoms. The van der Waals surface area contributed by atoms with E-state index in [1.165, 1.54) is 6.08 Å². The second-order valence-electron chi connectivity index (χ2n) is 5.02. The van der Waals surface area contributed by atoms with Gasteiger partial charge in [-0.05, 0) is 36.3 Å². The fourth-order valence-corrected chi connectivity index (χ4v) is 2.10. The molecule has 1 heterocycles. The smallest absolute Gasteiger partial charge is 0.0887 e. The fourth-order valence-electron chi connectivity index (χ4n) is 2.10. The lowest BCUT2D eigenvalue weighted by Crippen LogP contribution is -2.11. The van der Waals surface area contributed by atoms with Crippen LogP contribution in [0.3, 0.4) is 0 Å². The number of hydrogen-bond acceptors (Lipinski definition) is 2. The van der Waals surface area contributed by atoms with Crippen LogP contribution < -0.4 is 5.32 Å². The first-order valence-corrected chi connectivity index (χ1v) is 7.54. The molecule has 0 fully saturated rings. The van der Waals surface area contributed by atoms with E-state index in [0.717, 1.165) is 35.0 Å². The quantitative estimate of drug-likeness (QED) is 0.723. The van der Waals surface area contributed by atoms with E-state index in [1.807, 2.05) is 30.4 Å². The average molecular weight is 296 g/mol. The Morgan fingerprint density at radius 3 is 3.05 bits per heavy atom. The van der Waals surface area contributed by atoms with Crippen molar-refractivity contribution in [2.24, 2.45) is 0 Å². The van der Waals surface area contributed by atoms with Gasteiger partial charge in [-0.3, -0.25) is 4.98 Å². The van der Waals surface area contributed by atoms with E-state index >= 15 is 0 Å². The number of allylic oxidation sites excluding steroid dienone is 4. The Bertz CT molecular complexity index is 687. The summed E-state index contributed by atoms with van der Waals surface area (Å²) < 4.78 is 12.5. The number of nitrogens with zero attached hydrogens (tertiary/aromatic N) is 1. The third-order valence-electron chi connectivity index (χ3n) is 3.28. The normalized spacial score (nSPS) is 12.5. The van der Waals surface area contributed by atoms with Gasteiger partial charge in [-0.15, -0.1) is 0 Å². The largest absolute Gasteiger partial charge is 0.381 e. The average Bonchev–Trinajstić information content (AvgIpc) is 2.56. The zero-order chi connectivity index (χ0) is 15.6. The summed E-state index contributed by atoms with van der Waals surface area (Å²) in [6.45, 7) is 2.76. The highest BCUT2D eigenvalue weighted by Gasteiger charge is 1.98. The van der Waals surface area contributed by atoms with E-state index in [1.54, 1.807) is 6.20 Å². The van der Waals surface area contributed by atoms with E-state index < -0.39 is 0 Å². The zero-order valence-corrected chi connectivity index (χ0v) is 12.8. The standard InChI is InChI=1S/C19H21FN2/c1-2-3-4-5-8-18(11-12-20)22-15-16-9-10-17-7-6-13-21-19(17)14-16/h4-14,22H,2-3,15H2,1H3/b5-4+,12-11+,18-8+. The molecule has 0 unspecified atom stereocenters. The lowest BCUT2D eigenvalue weighted by molar-refractivity contribution is 0.715. The van der Waals surface area contributed by atoms with Crippen molar-refractivity contribution in [2.45, 2.75) is 26.3 Å². The maximum Gasteiger partial charge on any atom is 0.0887 e. The molecule has 0 spiro atoms. The molecule has 2 rings (SSSR count). The minimum Gasteiger partial charge on any atom is -0.381 e. The maximum absolute atomic E-state index is 12.5. The Morgan fingerprint density at radius 1 is 1.32 bits per heavy atom. The van der Waals surface area contributed by atoms with Crippen molar-refractivity contribution in [3.63, 3.8) is 0 Å². The van der Waals surface area contributed by atoms with Gasteiger partial charge >= 0.3 is 0 Å². The van der Waals surface area contributed by atoms with Gasteiger partial charge in [0.1, 0.15) is 0 Å². The van der Waals surface area contributed by atoms with Gasteiger partial charge in [-0.1, -0.05) is 43.7 Å². The molecule has 1 N–H and O–H groups in total. The number of hydrogen-bond donors (Lipinski definition) is 1. The Morgan fingerprint density at radius 2 is 2.23 bits per heavy atom. The first-order chi connectivity index (χ1) is 10.8. The molecule has 0 aliphatic carbocycles. The molecule has 0 amide bonds. The van der Waals surface area contributed by atoms with Gasteiger partial charge in [0.25, 0.3) is 0 Å². The van der Waals surface area contributed by atoms with Gasteiger partial charge in [0.2, 0.25) is 0 Å².